The molecule has 8 nitrogen and oxygen atoms in total. The van der Waals surface area contributed by atoms with Crippen LogP contribution in [0.3, 0.4) is 0 Å². The highest BCUT2D eigenvalue weighted by molar-refractivity contribution is 8.00. The highest BCUT2D eigenvalue weighted by atomic mass is 32.2. The molecule has 1 aliphatic rings. The van der Waals surface area contributed by atoms with Gasteiger partial charge in [0.15, 0.2) is 12.7 Å². The number of benzene rings is 2. The summed E-state index contributed by atoms with van der Waals surface area (Å²) in [6.45, 7) is 2.73. The molecular formula is C28H30F3N3O5S. The molecule has 0 radical (unpaired) electrons. The number of ether oxygens (including phenoxy) is 1. The Balaban J connectivity index is 1.80. The number of hydrogen-bond donors (Lipinski definition) is 3. The molecule has 3 amide bonds. The van der Waals surface area contributed by atoms with Crippen molar-refractivity contribution in [3.05, 3.63) is 71.3 Å². The summed E-state index contributed by atoms with van der Waals surface area (Å²) >= 11 is 1.28. The number of hydrogen-bond acceptors (Lipinski definition) is 6. The Morgan fingerprint density at radius 3 is 2.48 bits per heavy atom. The number of nitrogens with one attached hydrogen (secondary N) is 2. The predicted octanol–water partition coefficient (Wildman–Crippen LogP) is 3.33. The molecule has 0 spiro atoms. The fourth-order valence-electron chi connectivity index (χ4n) is 4.39. The molecular weight excluding hydrogens is 547 g/mol. The van der Waals surface area contributed by atoms with Gasteiger partial charge < -0.3 is 25.4 Å². The van der Waals surface area contributed by atoms with E-state index in [-0.39, 0.29) is 24.5 Å². The van der Waals surface area contributed by atoms with E-state index in [0.29, 0.717) is 5.56 Å². The van der Waals surface area contributed by atoms with Crippen molar-refractivity contribution in [1.29, 1.82) is 0 Å². The molecule has 0 bridgehead atoms. The number of aliphatic hydroxyl groups excluding tert-OH is 1. The van der Waals surface area contributed by atoms with E-state index in [1.807, 2.05) is 0 Å². The summed E-state index contributed by atoms with van der Waals surface area (Å²) in [5.74, 6) is 0.693. The van der Waals surface area contributed by atoms with E-state index >= 15 is 0 Å². The summed E-state index contributed by atoms with van der Waals surface area (Å²) in [7, 11) is 0. The molecule has 214 valence electrons. The first-order valence-electron chi connectivity index (χ1n) is 12.3. The molecule has 1 heterocycles. The van der Waals surface area contributed by atoms with Crippen LogP contribution in [0, 0.1) is 12.3 Å². The highest BCUT2D eigenvalue weighted by Crippen LogP contribution is 2.40. The number of rotatable bonds is 9. The normalized spacial score (nSPS) is 17.8. The molecule has 0 aromatic heterocycles. The van der Waals surface area contributed by atoms with Crippen molar-refractivity contribution in [3.8, 4) is 12.3 Å². The van der Waals surface area contributed by atoms with Crippen molar-refractivity contribution in [2.45, 2.75) is 55.9 Å². The Kier molecular flexibility index (Phi) is 10.1. The third-order valence-electron chi connectivity index (χ3n) is 6.38. The van der Waals surface area contributed by atoms with Crippen molar-refractivity contribution in [2.24, 2.45) is 0 Å². The van der Waals surface area contributed by atoms with E-state index in [4.69, 9.17) is 11.2 Å². The van der Waals surface area contributed by atoms with Crippen molar-refractivity contribution in [1.82, 2.24) is 15.5 Å². The van der Waals surface area contributed by atoms with E-state index < -0.39 is 59.1 Å². The first kappa shape index (κ1) is 30.8. The predicted molar refractivity (Wildman–Crippen MR) is 144 cm³/mol. The zero-order valence-corrected chi connectivity index (χ0v) is 22.7. The standard InChI is InChI=1S/C28H30F3N3O5S/c1-4-14-39-26(38)33-21(15-18-10-6-5-7-11-18)22(35)25(37)34-17-40-27(2,3)23(34)24(36)32-16-19-12-8-9-13-20(19)28(29,30)31/h1,5-13,21-23,35H,14-17H2,2-3H3,(H,32,36)(H,33,38)/t21-,22-,23?/m0/s1. The average Bonchev–Trinajstić information content (AvgIpc) is 3.24. The van der Waals surface area contributed by atoms with Crippen LogP contribution in [-0.4, -0.2) is 63.3 Å². The molecule has 40 heavy (non-hydrogen) atoms. The van der Waals surface area contributed by atoms with Gasteiger partial charge in [0.2, 0.25) is 5.91 Å². The Morgan fingerprint density at radius 1 is 1.18 bits per heavy atom. The lowest BCUT2D eigenvalue weighted by molar-refractivity contribution is -0.147. The second kappa shape index (κ2) is 13.1. The largest absolute Gasteiger partial charge is 0.436 e. The third-order valence-corrected chi connectivity index (χ3v) is 7.75. The number of nitrogens with zero attached hydrogens (tertiary/aromatic N) is 1. The van der Waals surface area contributed by atoms with Gasteiger partial charge in [-0.1, -0.05) is 54.5 Å². The molecule has 0 saturated carbocycles. The SMILES string of the molecule is C#CCOC(=O)N[C@@H](Cc1ccccc1)[C@H](O)C(=O)N1CSC(C)(C)C1C(=O)NCc1ccccc1C(F)(F)F. The topological polar surface area (TPSA) is 108 Å². The Labute approximate surface area is 234 Å². The molecule has 1 fully saturated rings. The van der Waals surface area contributed by atoms with Crippen LogP contribution in [0.2, 0.25) is 0 Å². The monoisotopic (exact) mass is 577 g/mol. The first-order valence-corrected chi connectivity index (χ1v) is 13.3. The van der Waals surface area contributed by atoms with Crippen LogP contribution in [-0.2, 0) is 33.5 Å². The Hall–Kier alpha value is -3.69. The number of carbonyl (C=O) groups is 3. The molecule has 3 rings (SSSR count). The number of thioether (sulfide) groups is 1. The minimum atomic E-state index is -4.60. The number of terminal acetylenes is 1. The van der Waals surface area contributed by atoms with Gasteiger partial charge in [0.1, 0.15) is 6.04 Å². The van der Waals surface area contributed by atoms with Gasteiger partial charge in [-0.05, 0) is 37.5 Å². The minimum Gasteiger partial charge on any atom is -0.436 e. The molecule has 2 aromatic rings. The Morgan fingerprint density at radius 2 is 1.82 bits per heavy atom. The van der Waals surface area contributed by atoms with Gasteiger partial charge >= 0.3 is 12.3 Å². The van der Waals surface area contributed by atoms with Crippen LogP contribution in [0.25, 0.3) is 0 Å². The van der Waals surface area contributed by atoms with E-state index in [1.54, 1.807) is 44.2 Å². The van der Waals surface area contributed by atoms with E-state index in [9.17, 15) is 32.7 Å². The van der Waals surface area contributed by atoms with Gasteiger partial charge in [-0.15, -0.1) is 18.2 Å². The summed E-state index contributed by atoms with van der Waals surface area (Å²) in [5, 5.41) is 16.1. The first-order chi connectivity index (χ1) is 18.8. The zero-order valence-electron chi connectivity index (χ0n) is 21.9. The maximum Gasteiger partial charge on any atom is 0.416 e. The Bertz CT molecular complexity index is 1250. The molecule has 12 heteroatoms. The van der Waals surface area contributed by atoms with Crippen molar-refractivity contribution in [2.75, 3.05) is 12.5 Å². The fourth-order valence-corrected chi connectivity index (χ4v) is 5.53. The molecule has 2 aromatic carbocycles. The maximum atomic E-state index is 13.5. The lowest BCUT2D eigenvalue weighted by atomic mass is 9.97. The summed E-state index contributed by atoms with van der Waals surface area (Å²) in [6.07, 6.45) is -2.11. The lowest BCUT2D eigenvalue weighted by Crippen LogP contribution is -2.58. The van der Waals surface area contributed by atoms with Crippen LogP contribution in [0.5, 0.6) is 0 Å². The van der Waals surface area contributed by atoms with E-state index in [1.165, 1.54) is 34.9 Å². The number of alkyl halides is 3. The van der Waals surface area contributed by atoms with E-state index in [2.05, 4.69) is 16.6 Å². The van der Waals surface area contributed by atoms with Crippen LogP contribution in [0.1, 0.15) is 30.5 Å². The van der Waals surface area contributed by atoms with E-state index in [0.717, 1.165) is 6.07 Å². The number of aliphatic hydroxyl groups is 1. The molecule has 0 aliphatic carbocycles. The lowest BCUT2D eigenvalue weighted by Gasteiger charge is -2.33. The van der Waals surface area contributed by atoms with Crippen LogP contribution < -0.4 is 10.6 Å². The second-order valence-corrected chi connectivity index (χ2v) is 11.2. The molecule has 1 aliphatic heterocycles. The third kappa shape index (κ3) is 7.70. The average molecular weight is 578 g/mol. The summed E-state index contributed by atoms with van der Waals surface area (Å²) in [4.78, 5) is 40.2. The van der Waals surface area contributed by atoms with Crippen molar-refractivity contribution >= 4 is 29.7 Å². The molecule has 1 saturated heterocycles. The highest BCUT2D eigenvalue weighted by Gasteiger charge is 2.50. The van der Waals surface area contributed by atoms with Crippen molar-refractivity contribution in [3.63, 3.8) is 0 Å². The van der Waals surface area contributed by atoms with Gasteiger partial charge in [-0.3, -0.25) is 9.59 Å². The van der Waals surface area contributed by atoms with Crippen LogP contribution in [0.15, 0.2) is 54.6 Å². The van der Waals surface area contributed by atoms with Gasteiger partial charge in [-0.25, -0.2) is 4.79 Å². The van der Waals surface area contributed by atoms with Crippen LogP contribution in [0.4, 0.5) is 18.0 Å². The minimum absolute atomic E-state index is 0.0414. The maximum absolute atomic E-state index is 13.5. The molecule has 3 atom stereocenters. The second-order valence-electron chi connectivity index (χ2n) is 9.63. The zero-order chi connectivity index (χ0) is 29.5. The van der Waals surface area contributed by atoms with Crippen LogP contribution >= 0.6 is 11.8 Å². The summed E-state index contributed by atoms with van der Waals surface area (Å²) in [6, 6.07) is 11.5. The number of halogens is 3. The van der Waals surface area contributed by atoms with Crippen molar-refractivity contribution < 1.29 is 37.4 Å². The number of amides is 3. The smallest absolute Gasteiger partial charge is 0.416 e. The molecule has 1 unspecified atom stereocenters. The number of alkyl carbamates (subject to hydrolysis) is 1. The summed E-state index contributed by atoms with van der Waals surface area (Å²) < 4.78 is 44.2. The summed E-state index contributed by atoms with van der Waals surface area (Å²) in [5.41, 5.74) is -0.280. The van der Waals surface area contributed by atoms with Gasteiger partial charge in [0.05, 0.1) is 17.5 Å². The number of carbonyl (C=O) groups excluding carboxylic acids is 3. The van der Waals surface area contributed by atoms with Gasteiger partial charge in [-0.2, -0.15) is 13.2 Å². The molecule has 3 N–H and O–H groups in total. The fraction of sp³-hybridized carbons (Fsp3) is 0.393. The van der Waals surface area contributed by atoms with Gasteiger partial charge in [0, 0.05) is 11.3 Å². The van der Waals surface area contributed by atoms with Gasteiger partial charge in [0.25, 0.3) is 5.91 Å². The quantitative estimate of drug-likeness (QED) is 0.395.